The first-order valence-electron chi connectivity index (χ1n) is 6.76. The molecule has 1 aliphatic heterocycles. The lowest BCUT2D eigenvalue weighted by Gasteiger charge is -2.09. The summed E-state index contributed by atoms with van der Waals surface area (Å²) >= 11 is 0. The van der Waals surface area contributed by atoms with E-state index in [1.807, 2.05) is 26.0 Å². The monoisotopic (exact) mass is 281 g/mol. The SMILES string of the molecule is C#CC1CC(=O)N(c2nnc(-c3ccc(C)cc3C)o2)C1. The number of aromatic nitrogens is 2. The van der Waals surface area contributed by atoms with E-state index in [1.54, 1.807) is 0 Å². The lowest BCUT2D eigenvalue weighted by molar-refractivity contribution is -0.117. The maximum absolute atomic E-state index is 11.9. The summed E-state index contributed by atoms with van der Waals surface area (Å²) in [4.78, 5) is 13.4. The number of amides is 1. The molecule has 1 aromatic carbocycles. The molecule has 1 saturated heterocycles. The number of rotatable bonds is 2. The summed E-state index contributed by atoms with van der Waals surface area (Å²) in [6, 6.07) is 6.20. The molecule has 21 heavy (non-hydrogen) atoms. The van der Waals surface area contributed by atoms with Crippen LogP contribution in [0, 0.1) is 32.1 Å². The molecule has 5 nitrogen and oxygen atoms in total. The molecule has 1 atom stereocenters. The number of aryl methyl sites for hydroxylation is 2. The third kappa shape index (κ3) is 2.40. The van der Waals surface area contributed by atoms with Gasteiger partial charge in [-0.2, -0.15) is 0 Å². The Morgan fingerprint density at radius 3 is 2.86 bits per heavy atom. The van der Waals surface area contributed by atoms with E-state index in [0.717, 1.165) is 11.1 Å². The Hall–Kier alpha value is -2.61. The Kier molecular flexibility index (Phi) is 3.22. The zero-order valence-electron chi connectivity index (χ0n) is 12.0. The number of benzene rings is 1. The largest absolute Gasteiger partial charge is 0.403 e. The molecule has 0 N–H and O–H groups in total. The fraction of sp³-hybridized carbons (Fsp3) is 0.312. The molecule has 1 fully saturated rings. The fourth-order valence-corrected chi connectivity index (χ4v) is 2.49. The highest BCUT2D eigenvalue weighted by Crippen LogP contribution is 2.28. The van der Waals surface area contributed by atoms with Gasteiger partial charge in [-0.1, -0.05) is 22.8 Å². The van der Waals surface area contributed by atoms with Crippen LogP contribution in [-0.2, 0) is 4.79 Å². The third-order valence-electron chi connectivity index (χ3n) is 3.62. The molecule has 5 heteroatoms. The molecule has 1 amide bonds. The Morgan fingerprint density at radius 1 is 1.38 bits per heavy atom. The second-order valence-corrected chi connectivity index (χ2v) is 5.28. The van der Waals surface area contributed by atoms with E-state index < -0.39 is 0 Å². The minimum absolute atomic E-state index is 0.0752. The summed E-state index contributed by atoms with van der Waals surface area (Å²) < 4.78 is 5.65. The van der Waals surface area contributed by atoms with Crippen molar-refractivity contribution in [2.75, 3.05) is 11.4 Å². The fourth-order valence-electron chi connectivity index (χ4n) is 2.49. The number of hydrogen-bond acceptors (Lipinski definition) is 4. The topological polar surface area (TPSA) is 59.2 Å². The van der Waals surface area contributed by atoms with Gasteiger partial charge in [0, 0.05) is 24.4 Å². The molecule has 1 unspecified atom stereocenters. The second-order valence-electron chi connectivity index (χ2n) is 5.28. The van der Waals surface area contributed by atoms with Crippen molar-refractivity contribution in [1.29, 1.82) is 0 Å². The molecule has 1 aromatic heterocycles. The molecular weight excluding hydrogens is 266 g/mol. The van der Waals surface area contributed by atoms with Crippen molar-refractivity contribution in [3.05, 3.63) is 29.3 Å². The van der Waals surface area contributed by atoms with E-state index in [9.17, 15) is 4.79 Å². The van der Waals surface area contributed by atoms with Crippen molar-refractivity contribution in [3.8, 4) is 23.8 Å². The Balaban J connectivity index is 1.90. The van der Waals surface area contributed by atoms with Crippen molar-refractivity contribution >= 4 is 11.9 Å². The molecule has 1 aliphatic rings. The van der Waals surface area contributed by atoms with Crippen LogP contribution >= 0.6 is 0 Å². The zero-order chi connectivity index (χ0) is 15.0. The highest BCUT2D eigenvalue weighted by Gasteiger charge is 2.32. The molecule has 0 saturated carbocycles. The standard InChI is InChI=1S/C16H15N3O2/c1-4-12-8-14(20)19(9-12)16-18-17-15(21-16)13-6-5-10(2)7-11(13)3/h1,5-7,12H,8-9H2,2-3H3. The van der Waals surface area contributed by atoms with Crippen molar-refractivity contribution in [2.24, 2.45) is 5.92 Å². The maximum Gasteiger partial charge on any atom is 0.325 e. The van der Waals surface area contributed by atoms with E-state index in [4.69, 9.17) is 10.8 Å². The molecule has 0 bridgehead atoms. The van der Waals surface area contributed by atoms with Gasteiger partial charge in [-0.25, -0.2) is 0 Å². The molecule has 3 rings (SSSR count). The van der Waals surface area contributed by atoms with E-state index >= 15 is 0 Å². The molecule has 0 aliphatic carbocycles. The summed E-state index contributed by atoms with van der Waals surface area (Å²) in [6.07, 6.45) is 5.70. The van der Waals surface area contributed by atoms with Crippen LogP contribution in [-0.4, -0.2) is 22.6 Å². The van der Waals surface area contributed by atoms with Gasteiger partial charge in [0.05, 0.1) is 0 Å². The Bertz CT molecular complexity index is 742. The van der Waals surface area contributed by atoms with Gasteiger partial charge in [0.1, 0.15) is 0 Å². The average molecular weight is 281 g/mol. The zero-order valence-corrected chi connectivity index (χ0v) is 12.0. The van der Waals surface area contributed by atoms with Crippen molar-refractivity contribution in [1.82, 2.24) is 10.2 Å². The van der Waals surface area contributed by atoms with Crippen LogP contribution in [0.2, 0.25) is 0 Å². The summed E-state index contributed by atoms with van der Waals surface area (Å²) in [6.45, 7) is 4.45. The van der Waals surface area contributed by atoms with E-state index in [1.165, 1.54) is 10.5 Å². The van der Waals surface area contributed by atoms with Crippen LogP contribution in [0.1, 0.15) is 17.5 Å². The van der Waals surface area contributed by atoms with Gasteiger partial charge in [0.25, 0.3) is 0 Å². The molecule has 106 valence electrons. The minimum atomic E-state index is -0.0889. The van der Waals surface area contributed by atoms with Gasteiger partial charge in [0.2, 0.25) is 11.8 Å². The van der Waals surface area contributed by atoms with E-state index in [2.05, 4.69) is 22.2 Å². The number of carbonyl (C=O) groups is 1. The minimum Gasteiger partial charge on any atom is -0.403 e. The summed E-state index contributed by atoms with van der Waals surface area (Å²) in [7, 11) is 0. The van der Waals surface area contributed by atoms with E-state index in [0.29, 0.717) is 18.9 Å². The van der Waals surface area contributed by atoms with Crippen LogP contribution < -0.4 is 4.90 Å². The summed E-state index contributed by atoms with van der Waals surface area (Å²) in [5, 5.41) is 8.02. The normalized spacial score (nSPS) is 18.0. The summed E-state index contributed by atoms with van der Waals surface area (Å²) in [5.74, 6) is 2.85. The highest BCUT2D eigenvalue weighted by molar-refractivity contribution is 5.94. The summed E-state index contributed by atoms with van der Waals surface area (Å²) in [5.41, 5.74) is 3.10. The van der Waals surface area contributed by atoms with Crippen LogP contribution in [0.3, 0.4) is 0 Å². The first-order chi connectivity index (χ1) is 10.1. The Morgan fingerprint density at radius 2 is 2.19 bits per heavy atom. The van der Waals surface area contributed by atoms with Gasteiger partial charge in [-0.15, -0.1) is 17.4 Å². The smallest absolute Gasteiger partial charge is 0.325 e. The lowest BCUT2D eigenvalue weighted by atomic mass is 10.1. The Labute approximate surface area is 123 Å². The highest BCUT2D eigenvalue weighted by atomic mass is 16.4. The van der Waals surface area contributed by atoms with E-state index in [-0.39, 0.29) is 17.8 Å². The first-order valence-corrected chi connectivity index (χ1v) is 6.76. The molecule has 2 aromatic rings. The van der Waals surface area contributed by atoms with Crippen LogP contribution in [0.15, 0.2) is 22.6 Å². The number of terminal acetylenes is 1. The quantitative estimate of drug-likeness (QED) is 0.793. The van der Waals surface area contributed by atoms with Gasteiger partial charge in [-0.05, 0) is 25.5 Å². The average Bonchev–Trinajstić information content (AvgIpc) is 3.05. The predicted octanol–water partition coefficient (Wildman–Crippen LogP) is 2.34. The van der Waals surface area contributed by atoms with Crippen LogP contribution in [0.25, 0.3) is 11.5 Å². The van der Waals surface area contributed by atoms with Crippen LogP contribution in [0.5, 0.6) is 0 Å². The number of carbonyl (C=O) groups excluding carboxylic acids is 1. The van der Waals surface area contributed by atoms with Crippen LogP contribution in [0.4, 0.5) is 6.01 Å². The maximum atomic E-state index is 11.9. The second kappa shape index (κ2) is 5.06. The van der Waals surface area contributed by atoms with Crippen molar-refractivity contribution in [3.63, 3.8) is 0 Å². The molecule has 0 spiro atoms. The van der Waals surface area contributed by atoms with Gasteiger partial charge < -0.3 is 4.42 Å². The third-order valence-corrected chi connectivity index (χ3v) is 3.62. The lowest BCUT2D eigenvalue weighted by Crippen LogP contribution is -2.24. The molecule has 2 heterocycles. The van der Waals surface area contributed by atoms with Gasteiger partial charge in [0.15, 0.2) is 0 Å². The first kappa shape index (κ1) is 13.4. The molecular formula is C16H15N3O2. The molecule has 0 radical (unpaired) electrons. The van der Waals surface area contributed by atoms with Crippen molar-refractivity contribution in [2.45, 2.75) is 20.3 Å². The number of nitrogens with zero attached hydrogens (tertiary/aromatic N) is 3. The number of anilines is 1. The van der Waals surface area contributed by atoms with Gasteiger partial charge in [-0.3, -0.25) is 9.69 Å². The van der Waals surface area contributed by atoms with Gasteiger partial charge >= 0.3 is 6.01 Å². The van der Waals surface area contributed by atoms with Crippen molar-refractivity contribution < 1.29 is 9.21 Å². The number of hydrogen-bond donors (Lipinski definition) is 0. The predicted molar refractivity (Wildman–Crippen MR) is 78.5 cm³/mol.